The molecule has 2 amide bonds. The highest BCUT2D eigenvalue weighted by atomic mass is 35.5. The molecule has 7 nitrogen and oxygen atoms in total. The molecule has 0 bridgehead atoms. The molecule has 1 heterocycles. The van der Waals surface area contributed by atoms with Crippen molar-refractivity contribution in [3.05, 3.63) is 40.5 Å². The number of aryl methyl sites for hydroxylation is 2. The normalized spacial score (nSPS) is 10.2. The van der Waals surface area contributed by atoms with E-state index in [1.54, 1.807) is 6.07 Å². The zero-order valence-electron chi connectivity index (χ0n) is 14.6. The first-order valence-corrected chi connectivity index (χ1v) is 8.50. The molecule has 1 aromatic heterocycles. The lowest BCUT2D eigenvalue weighted by Gasteiger charge is -2.11. The van der Waals surface area contributed by atoms with E-state index in [0.717, 1.165) is 23.6 Å². The fourth-order valence-electron chi connectivity index (χ4n) is 2.11. The first kappa shape index (κ1) is 18.8. The minimum atomic E-state index is -0.283. The summed E-state index contributed by atoms with van der Waals surface area (Å²) in [6, 6.07) is 6.97. The van der Waals surface area contributed by atoms with E-state index < -0.39 is 0 Å². The summed E-state index contributed by atoms with van der Waals surface area (Å²) in [6.45, 7) is 7.56. The molecular weight excluding hydrogens is 340 g/mol. The summed E-state index contributed by atoms with van der Waals surface area (Å²) < 4.78 is 0. The number of hydrogen-bond acceptors (Lipinski definition) is 5. The number of anilines is 3. The van der Waals surface area contributed by atoms with Crippen LogP contribution in [0.25, 0.3) is 0 Å². The SMILES string of the molecule is CCNc1nc(C)cc(NCCNC(=O)Nc2ccc(C)c(Cl)c2)n1. The van der Waals surface area contributed by atoms with Crippen molar-refractivity contribution in [2.45, 2.75) is 20.8 Å². The van der Waals surface area contributed by atoms with Crippen molar-refractivity contribution < 1.29 is 4.79 Å². The number of benzene rings is 1. The van der Waals surface area contributed by atoms with Crippen molar-refractivity contribution in [3.8, 4) is 0 Å². The second-order valence-electron chi connectivity index (χ2n) is 5.52. The maximum Gasteiger partial charge on any atom is 0.319 e. The van der Waals surface area contributed by atoms with Gasteiger partial charge >= 0.3 is 6.03 Å². The molecule has 0 spiro atoms. The van der Waals surface area contributed by atoms with E-state index in [9.17, 15) is 4.79 Å². The first-order chi connectivity index (χ1) is 12.0. The maximum atomic E-state index is 11.9. The van der Waals surface area contributed by atoms with Crippen molar-refractivity contribution in [1.29, 1.82) is 0 Å². The molecule has 2 aromatic rings. The van der Waals surface area contributed by atoms with Crippen molar-refractivity contribution >= 4 is 35.1 Å². The molecule has 0 fully saturated rings. The van der Waals surface area contributed by atoms with Crippen LogP contribution >= 0.6 is 11.6 Å². The van der Waals surface area contributed by atoms with Crippen LogP contribution in [0.15, 0.2) is 24.3 Å². The second kappa shape index (κ2) is 9.08. The van der Waals surface area contributed by atoms with Crippen LogP contribution in [0.1, 0.15) is 18.2 Å². The number of nitrogens with one attached hydrogen (secondary N) is 4. The first-order valence-electron chi connectivity index (χ1n) is 8.12. The van der Waals surface area contributed by atoms with Gasteiger partial charge in [0.15, 0.2) is 0 Å². The highest BCUT2D eigenvalue weighted by Crippen LogP contribution is 2.19. The summed E-state index contributed by atoms with van der Waals surface area (Å²) in [5, 5.41) is 12.4. The Labute approximate surface area is 152 Å². The van der Waals surface area contributed by atoms with Gasteiger partial charge in [0.1, 0.15) is 5.82 Å². The summed E-state index contributed by atoms with van der Waals surface area (Å²) in [4.78, 5) is 20.5. The number of amides is 2. The van der Waals surface area contributed by atoms with E-state index in [0.29, 0.717) is 29.7 Å². The summed E-state index contributed by atoms with van der Waals surface area (Å²) in [6.07, 6.45) is 0. The predicted molar refractivity (Wildman–Crippen MR) is 103 cm³/mol. The zero-order valence-corrected chi connectivity index (χ0v) is 15.4. The lowest BCUT2D eigenvalue weighted by molar-refractivity contribution is 0.252. The molecule has 134 valence electrons. The van der Waals surface area contributed by atoms with Crippen molar-refractivity contribution in [1.82, 2.24) is 15.3 Å². The maximum absolute atomic E-state index is 11.9. The van der Waals surface area contributed by atoms with Gasteiger partial charge in [-0.05, 0) is 38.5 Å². The van der Waals surface area contributed by atoms with Crippen molar-refractivity contribution in [3.63, 3.8) is 0 Å². The molecular formula is C17H23ClN6O. The Morgan fingerprint density at radius 1 is 1.12 bits per heavy atom. The van der Waals surface area contributed by atoms with Crippen LogP contribution in [0.4, 0.5) is 22.2 Å². The fourth-order valence-corrected chi connectivity index (χ4v) is 2.29. The number of carbonyl (C=O) groups is 1. The lowest BCUT2D eigenvalue weighted by Crippen LogP contribution is -2.32. The number of aromatic nitrogens is 2. The van der Waals surface area contributed by atoms with Gasteiger partial charge in [-0.1, -0.05) is 17.7 Å². The predicted octanol–water partition coefficient (Wildman–Crippen LogP) is 3.41. The lowest BCUT2D eigenvalue weighted by atomic mass is 10.2. The number of halogens is 1. The average molecular weight is 363 g/mol. The topological polar surface area (TPSA) is 91.0 Å². The molecule has 25 heavy (non-hydrogen) atoms. The highest BCUT2D eigenvalue weighted by Gasteiger charge is 2.04. The van der Waals surface area contributed by atoms with E-state index >= 15 is 0 Å². The molecule has 0 atom stereocenters. The van der Waals surface area contributed by atoms with Gasteiger partial charge in [0, 0.05) is 42.1 Å². The number of rotatable bonds is 7. The van der Waals surface area contributed by atoms with Gasteiger partial charge in [0.2, 0.25) is 5.95 Å². The minimum absolute atomic E-state index is 0.283. The average Bonchev–Trinajstić information content (AvgIpc) is 2.55. The van der Waals surface area contributed by atoms with Crippen LogP contribution in [0.5, 0.6) is 0 Å². The Kier molecular flexibility index (Phi) is 6.82. The van der Waals surface area contributed by atoms with Gasteiger partial charge in [0.05, 0.1) is 0 Å². The smallest absolute Gasteiger partial charge is 0.319 e. The molecule has 4 N–H and O–H groups in total. The number of carbonyl (C=O) groups excluding carboxylic acids is 1. The van der Waals surface area contributed by atoms with Crippen LogP contribution in [0.2, 0.25) is 5.02 Å². The van der Waals surface area contributed by atoms with Gasteiger partial charge in [-0.25, -0.2) is 9.78 Å². The van der Waals surface area contributed by atoms with E-state index in [2.05, 4.69) is 31.2 Å². The third-order valence-electron chi connectivity index (χ3n) is 3.34. The Morgan fingerprint density at radius 2 is 1.92 bits per heavy atom. The largest absolute Gasteiger partial charge is 0.368 e. The number of nitrogens with zero attached hydrogens (tertiary/aromatic N) is 2. The molecule has 0 aliphatic carbocycles. The van der Waals surface area contributed by atoms with Gasteiger partial charge < -0.3 is 21.3 Å². The summed E-state index contributed by atoms with van der Waals surface area (Å²) >= 11 is 6.04. The fraction of sp³-hybridized carbons (Fsp3) is 0.353. The van der Waals surface area contributed by atoms with Gasteiger partial charge in [-0.15, -0.1) is 0 Å². The third-order valence-corrected chi connectivity index (χ3v) is 3.74. The van der Waals surface area contributed by atoms with E-state index in [1.165, 1.54) is 0 Å². The van der Waals surface area contributed by atoms with Crippen LogP contribution < -0.4 is 21.3 Å². The Balaban J connectivity index is 1.77. The molecule has 0 saturated heterocycles. The standard InChI is InChI=1S/C17H23ClN6O/c1-4-19-16-22-12(3)9-15(24-16)20-7-8-21-17(25)23-13-6-5-11(2)14(18)10-13/h5-6,9-10H,4,7-8H2,1-3H3,(H2,21,23,25)(H2,19,20,22,24). The molecule has 0 unspecified atom stereocenters. The van der Waals surface area contributed by atoms with E-state index in [4.69, 9.17) is 11.6 Å². The van der Waals surface area contributed by atoms with Crippen LogP contribution in [0, 0.1) is 13.8 Å². The second-order valence-corrected chi connectivity index (χ2v) is 5.93. The third kappa shape index (κ3) is 6.11. The van der Waals surface area contributed by atoms with Crippen LogP contribution in [-0.2, 0) is 0 Å². The highest BCUT2D eigenvalue weighted by molar-refractivity contribution is 6.31. The number of urea groups is 1. The number of hydrogen-bond donors (Lipinski definition) is 4. The zero-order chi connectivity index (χ0) is 18.2. The monoisotopic (exact) mass is 362 g/mol. The van der Waals surface area contributed by atoms with Crippen molar-refractivity contribution in [2.24, 2.45) is 0 Å². The Morgan fingerprint density at radius 3 is 2.64 bits per heavy atom. The molecule has 2 rings (SSSR count). The molecule has 0 saturated carbocycles. The van der Waals surface area contributed by atoms with E-state index in [-0.39, 0.29) is 6.03 Å². The Bertz CT molecular complexity index is 737. The molecule has 0 aliphatic heterocycles. The summed E-state index contributed by atoms with van der Waals surface area (Å²) in [5.41, 5.74) is 2.49. The molecule has 0 aliphatic rings. The minimum Gasteiger partial charge on any atom is -0.368 e. The quantitative estimate of drug-likeness (QED) is 0.566. The Hall–Kier alpha value is -2.54. The van der Waals surface area contributed by atoms with Gasteiger partial charge in [0.25, 0.3) is 0 Å². The van der Waals surface area contributed by atoms with Crippen LogP contribution in [-0.4, -0.2) is 35.6 Å². The summed E-state index contributed by atoms with van der Waals surface area (Å²) in [7, 11) is 0. The molecule has 0 radical (unpaired) electrons. The van der Waals surface area contributed by atoms with Crippen molar-refractivity contribution in [2.75, 3.05) is 35.6 Å². The van der Waals surface area contributed by atoms with Crippen LogP contribution in [0.3, 0.4) is 0 Å². The van der Waals surface area contributed by atoms with E-state index in [1.807, 2.05) is 39.0 Å². The molecule has 1 aromatic carbocycles. The summed E-state index contributed by atoms with van der Waals surface area (Å²) in [5.74, 6) is 1.31. The molecule has 8 heteroatoms. The van der Waals surface area contributed by atoms with Gasteiger partial charge in [-0.3, -0.25) is 0 Å². The van der Waals surface area contributed by atoms with Gasteiger partial charge in [-0.2, -0.15) is 4.98 Å².